The number of anilines is 1. The van der Waals surface area contributed by atoms with Gasteiger partial charge in [-0.1, -0.05) is 13.8 Å². The molecule has 0 bridgehead atoms. The van der Waals surface area contributed by atoms with E-state index in [1.54, 1.807) is 0 Å². The predicted octanol–water partition coefficient (Wildman–Crippen LogP) is 3.60. The first-order valence-electron chi connectivity index (χ1n) is 8.65. The van der Waals surface area contributed by atoms with Gasteiger partial charge in [0.05, 0.1) is 5.69 Å². The summed E-state index contributed by atoms with van der Waals surface area (Å²) in [5.41, 5.74) is 2.55. The molecule has 2 aliphatic rings. The van der Waals surface area contributed by atoms with Crippen LogP contribution < -0.4 is 10.2 Å². The van der Waals surface area contributed by atoms with Crippen LogP contribution in [0.3, 0.4) is 0 Å². The Morgan fingerprint density at radius 2 is 2.10 bits per heavy atom. The lowest BCUT2D eigenvalue weighted by molar-refractivity contribution is 0.351. The Kier molecular flexibility index (Phi) is 4.79. The fourth-order valence-corrected chi connectivity index (χ4v) is 3.34. The van der Waals surface area contributed by atoms with Crippen LogP contribution in [0.25, 0.3) is 0 Å². The van der Waals surface area contributed by atoms with Crippen molar-refractivity contribution < 1.29 is 0 Å². The molecule has 0 amide bonds. The summed E-state index contributed by atoms with van der Waals surface area (Å²) >= 11 is 0. The van der Waals surface area contributed by atoms with Gasteiger partial charge in [-0.15, -0.1) is 0 Å². The fraction of sp³-hybridized carbons (Fsp3) is 0.722. The summed E-state index contributed by atoms with van der Waals surface area (Å²) in [5.74, 6) is 1.72. The molecule has 3 heteroatoms. The molecule has 116 valence electrons. The number of hydrogen-bond acceptors (Lipinski definition) is 3. The lowest BCUT2D eigenvalue weighted by atomic mass is 9.89. The van der Waals surface area contributed by atoms with Crippen LogP contribution in [0.1, 0.15) is 51.6 Å². The third-order valence-corrected chi connectivity index (χ3v) is 5.03. The largest absolute Gasteiger partial charge is 0.371 e. The highest BCUT2D eigenvalue weighted by molar-refractivity contribution is 5.46. The molecule has 1 aromatic rings. The highest BCUT2D eigenvalue weighted by atomic mass is 15.1. The Morgan fingerprint density at radius 3 is 2.86 bits per heavy atom. The van der Waals surface area contributed by atoms with E-state index in [1.807, 2.05) is 6.20 Å². The van der Waals surface area contributed by atoms with Gasteiger partial charge in [-0.3, -0.25) is 4.98 Å². The smallest absolute Gasteiger partial charge is 0.0562 e. The second-order valence-corrected chi connectivity index (χ2v) is 7.08. The topological polar surface area (TPSA) is 28.2 Å². The lowest BCUT2D eigenvalue weighted by Gasteiger charge is -2.24. The SMILES string of the molecule is CC(C)C1CCCN(c2ccnc(CNC3CC3)c2)CC1. The number of nitrogens with zero attached hydrogens (tertiary/aromatic N) is 2. The van der Waals surface area contributed by atoms with E-state index in [0.717, 1.165) is 24.4 Å². The maximum absolute atomic E-state index is 4.51. The third-order valence-electron chi connectivity index (χ3n) is 5.03. The first-order valence-corrected chi connectivity index (χ1v) is 8.65. The Hall–Kier alpha value is -1.09. The van der Waals surface area contributed by atoms with E-state index in [9.17, 15) is 0 Å². The molecule has 2 fully saturated rings. The minimum Gasteiger partial charge on any atom is -0.371 e. The van der Waals surface area contributed by atoms with Gasteiger partial charge in [0.2, 0.25) is 0 Å². The fourth-order valence-electron chi connectivity index (χ4n) is 3.34. The van der Waals surface area contributed by atoms with Gasteiger partial charge in [-0.2, -0.15) is 0 Å². The van der Waals surface area contributed by atoms with Gasteiger partial charge in [-0.05, 0) is 56.1 Å². The molecule has 0 radical (unpaired) electrons. The van der Waals surface area contributed by atoms with Gasteiger partial charge >= 0.3 is 0 Å². The monoisotopic (exact) mass is 287 g/mol. The van der Waals surface area contributed by atoms with Crippen molar-refractivity contribution in [2.45, 2.75) is 58.5 Å². The molecule has 1 N–H and O–H groups in total. The summed E-state index contributed by atoms with van der Waals surface area (Å²) in [7, 11) is 0. The highest BCUT2D eigenvalue weighted by Gasteiger charge is 2.21. The summed E-state index contributed by atoms with van der Waals surface area (Å²) in [5, 5.41) is 3.56. The van der Waals surface area contributed by atoms with E-state index < -0.39 is 0 Å². The zero-order valence-electron chi connectivity index (χ0n) is 13.5. The van der Waals surface area contributed by atoms with Crippen LogP contribution in [-0.2, 0) is 6.54 Å². The normalized spacial score (nSPS) is 23.4. The van der Waals surface area contributed by atoms with Crippen molar-refractivity contribution >= 4 is 5.69 Å². The van der Waals surface area contributed by atoms with E-state index in [1.165, 1.54) is 56.6 Å². The van der Waals surface area contributed by atoms with Gasteiger partial charge in [0.15, 0.2) is 0 Å². The minimum absolute atomic E-state index is 0.750. The Labute approximate surface area is 129 Å². The molecule has 3 nitrogen and oxygen atoms in total. The predicted molar refractivity (Wildman–Crippen MR) is 88.5 cm³/mol. The second kappa shape index (κ2) is 6.78. The average Bonchev–Trinajstić information content (AvgIpc) is 3.31. The van der Waals surface area contributed by atoms with E-state index >= 15 is 0 Å². The quantitative estimate of drug-likeness (QED) is 0.897. The molecule has 1 aliphatic carbocycles. The molecule has 1 unspecified atom stereocenters. The minimum atomic E-state index is 0.750. The highest BCUT2D eigenvalue weighted by Crippen LogP contribution is 2.27. The lowest BCUT2D eigenvalue weighted by Crippen LogP contribution is -2.25. The Balaban J connectivity index is 1.61. The molecular weight excluding hydrogens is 258 g/mol. The summed E-state index contributed by atoms with van der Waals surface area (Å²) in [6.07, 6.45) is 8.68. The van der Waals surface area contributed by atoms with Crippen LogP contribution in [0.2, 0.25) is 0 Å². The molecule has 1 saturated heterocycles. The van der Waals surface area contributed by atoms with Crippen LogP contribution in [0.15, 0.2) is 18.3 Å². The van der Waals surface area contributed by atoms with E-state index in [4.69, 9.17) is 0 Å². The van der Waals surface area contributed by atoms with E-state index in [2.05, 4.69) is 41.2 Å². The van der Waals surface area contributed by atoms with Crippen molar-refractivity contribution in [3.63, 3.8) is 0 Å². The maximum Gasteiger partial charge on any atom is 0.0562 e. The number of nitrogens with one attached hydrogen (secondary N) is 1. The third kappa shape index (κ3) is 4.19. The van der Waals surface area contributed by atoms with Crippen molar-refractivity contribution in [2.75, 3.05) is 18.0 Å². The van der Waals surface area contributed by atoms with Crippen molar-refractivity contribution in [1.82, 2.24) is 10.3 Å². The zero-order chi connectivity index (χ0) is 14.7. The van der Waals surface area contributed by atoms with Crippen molar-refractivity contribution in [2.24, 2.45) is 11.8 Å². The van der Waals surface area contributed by atoms with E-state index in [0.29, 0.717) is 0 Å². The van der Waals surface area contributed by atoms with E-state index in [-0.39, 0.29) is 0 Å². The molecule has 1 saturated carbocycles. The summed E-state index contributed by atoms with van der Waals surface area (Å²) in [6, 6.07) is 5.21. The van der Waals surface area contributed by atoms with Gasteiger partial charge in [0, 0.05) is 37.6 Å². The number of pyridine rings is 1. The molecule has 0 spiro atoms. The first kappa shape index (κ1) is 14.8. The molecule has 3 rings (SSSR count). The first-order chi connectivity index (χ1) is 10.2. The van der Waals surface area contributed by atoms with Crippen LogP contribution in [0.4, 0.5) is 5.69 Å². The summed E-state index contributed by atoms with van der Waals surface area (Å²) in [4.78, 5) is 7.07. The molecule has 1 atom stereocenters. The maximum atomic E-state index is 4.51. The van der Waals surface area contributed by atoms with Crippen LogP contribution in [0, 0.1) is 11.8 Å². The summed E-state index contributed by atoms with van der Waals surface area (Å²) < 4.78 is 0. The molecule has 1 aliphatic heterocycles. The van der Waals surface area contributed by atoms with Gasteiger partial charge in [0.1, 0.15) is 0 Å². The van der Waals surface area contributed by atoms with Crippen molar-refractivity contribution in [3.8, 4) is 0 Å². The van der Waals surface area contributed by atoms with Crippen LogP contribution >= 0.6 is 0 Å². The number of aromatic nitrogens is 1. The van der Waals surface area contributed by atoms with Crippen LogP contribution in [-0.4, -0.2) is 24.1 Å². The van der Waals surface area contributed by atoms with Gasteiger partial charge < -0.3 is 10.2 Å². The number of hydrogen-bond donors (Lipinski definition) is 1. The molecule has 21 heavy (non-hydrogen) atoms. The molecule has 0 aromatic carbocycles. The second-order valence-electron chi connectivity index (χ2n) is 7.08. The summed E-state index contributed by atoms with van der Waals surface area (Å²) in [6.45, 7) is 8.05. The van der Waals surface area contributed by atoms with Gasteiger partial charge in [0.25, 0.3) is 0 Å². The zero-order valence-corrected chi connectivity index (χ0v) is 13.5. The Bertz CT molecular complexity index is 454. The number of rotatable bonds is 5. The average molecular weight is 287 g/mol. The standard InChI is InChI=1S/C18H29N3/c1-14(2)15-4-3-10-21(11-8-15)18-7-9-19-17(12-18)13-20-16-5-6-16/h7,9,12,14-16,20H,3-6,8,10-11,13H2,1-2H3. The molecule has 2 heterocycles. The Morgan fingerprint density at radius 1 is 1.24 bits per heavy atom. The van der Waals surface area contributed by atoms with Crippen molar-refractivity contribution in [1.29, 1.82) is 0 Å². The van der Waals surface area contributed by atoms with Crippen LogP contribution in [0.5, 0.6) is 0 Å². The van der Waals surface area contributed by atoms with Crippen molar-refractivity contribution in [3.05, 3.63) is 24.0 Å². The molecular formula is C18H29N3. The van der Waals surface area contributed by atoms with Gasteiger partial charge in [-0.25, -0.2) is 0 Å². The molecule has 1 aromatic heterocycles.